The highest BCUT2D eigenvalue weighted by atomic mass is 16.6. The molecule has 1 aliphatic rings. The molecule has 6 nitrogen and oxygen atoms in total. The predicted octanol–water partition coefficient (Wildman–Crippen LogP) is 1.98. The Kier molecular flexibility index (Phi) is 4.59. The first-order chi connectivity index (χ1) is 11.6. The van der Waals surface area contributed by atoms with Gasteiger partial charge < -0.3 is 29.9 Å². The zero-order valence-electron chi connectivity index (χ0n) is 12.8. The fraction of sp³-hybridized carbons (Fsp3) is 0.222. The summed E-state index contributed by atoms with van der Waals surface area (Å²) in [6.45, 7) is -0.331. The molecule has 1 aliphatic heterocycles. The number of aliphatic hydroxyl groups excluding tert-OH is 2. The van der Waals surface area contributed by atoms with E-state index in [0.29, 0.717) is 17.1 Å². The van der Waals surface area contributed by atoms with E-state index in [1.165, 1.54) is 12.1 Å². The quantitative estimate of drug-likeness (QED) is 0.640. The summed E-state index contributed by atoms with van der Waals surface area (Å²) in [5.41, 5.74) is 1.42. The third kappa shape index (κ3) is 3.15. The minimum atomic E-state index is -0.654. The van der Waals surface area contributed by atoms with E-state index in [1.807, 2.05) is 6.07 Å². The third-order valence-electron chi connectivity index (χ3n) is 3.76. The summed E-state index contributed by atoms with van der Waals surface area (Å²) in [5, 5.41) is 37.5. The molecule has 0 amide bonds. The van der Waals surface area contributed by atoms with Gasteiger partial charge in [-0.2, -0.15) is 0 Å². The van der Waals surface area contributed by atoms with Gasteiger partial charge in [-0.1, -0.05) is 24.3 Å². The van der Waals surface area contributed by atoms with Crippen LogP contribution in [0.1, 0.15) is 17.2 Å². The van der Waals surface area contributed by atoms with Crippen molar-refractivity contribution >= 4 is 6.08 Å². The number of phenols is 2. The van der Waals surface area contributed by atoms with Crippen LogP contribution in [0.15, 0.2) is 42.5 Å². The third-order valence-corrected chi connectivity index (χ3v) is 3.76. The number of hydrogen-bond donors (Lipinski definition) is 4. The lowest BCUT2D eigenvalue weighted by atomic mass is 10.0. The minimum Gasteiger partial charge on any atom is -0.504 e. The highest BCUT2D eigenvalue weighted by molar-refractivity contribution is 5.56. The Morgan fingerprint density at radius 3 is 2.46 bits per heavy atom. The van der Waals surface area contributed by atoms with E-state index in [9.17, 15) is 15.3 Å². The first-order valence-electron chi connectivity index (χ1n) is 7.50. The van der Waals surface area contributed by atoms with Crippen molar-refractivity contribution < 1.29 is 29.9 Å². The molecule has 2 unspecified atom stereocenters. The van der Waals surface area contributed by atoms with E-state index in [0.717, 1.165) is 5.56 Å². The molecule has 1 heterocycles. The van der Waals surface area contributed by atoms with E-state index >= 15 is 0 Å². The number of phenolic OH excluding ortho intramolecular Hbond substituents is 2. The van der Waals surface area contributed by atoms with Crippen LogP contribution in [0.25, 0.3) is 6.08 Å². The Labute approximate surface area is 138 Å². The molecular weight excluding hydrogens is 312 g/mol. The first-order valence-corrected chi connectivity index (χ1v) is 7.50. The van der Waals surface area contributed by atoms with Crippen LogP contribution < -0.4 is 9.47 Å². The second kappa shape index (κ2) is 6.82. The summed E-state index contributed by atoms with van der Waals surface area (Å²) in [6, 6.07) is 9.67. The van der Waals surface area contributed by atoms with Crippen LogP contribution in [0.4, 0.5) is 0 Å². The van der Waals surface area contributed by atoms with Crippen LogP contribution in [0, 0.1) is 0 Å². The van der Waals surface area contributed by atoms with Crippen molar-refractivity contribution in [2.75, 3.05) is 13.2 Å². The summed E-state index contributed by atoms with van der Waals surface area (Å²) < 4.78 is 11.7. The predicted molar refractivity (Wildman–Crippen MR) is 87.2 cm³/mol. The fourth-order valence-corrected chi connectivity index (χ4v) is 2.58. The standard InChI is InChI=1S/C18H18O6/c19-7-1-2-11-3-6-15-16(8-11)23-17(10-20)18(24-15)12-4-5-13(21)14(22)9-12/h1-6,8-9,17-22H,7,10H2/b2-1+. The number of benzene rings is 2. The van der Waals surface area contributed by atoms with Gasteiger partial charge in [0, 0.05) is 5.56 Å². The molecule has 0 fully saturated rings. The van der Waals surface area contributed by atoms with Crippen molar-refractivity contribution in [3.63, 3.8) is 0 Å². The van der Waals surface area contributed by atoms with Crippen molar-refractivity contribution in [3.05, 3.63) is 53.6 Å². The van der Waals surface area contributed by atoms with E-state index < -0.39 is 12.2 Å². The molecule has 0 radical (unpaired) electrons. The Hall–Kier alpha value is -2.70. The van der Waals surface area contributed by atoms with Crippen LogP contribution in [0.3, 0.4) is 0 Å². The topological polar surface area (TPSA) is 99.4 Å². The van der Waals surface area contributed by atoms with Crippen molar-refractivity contribution in [1.29, 1.82) is 0 Å². The molecule has 0 aromatic heterocycles. The van der Waals surface area contributed by atoms with Gasteiger partial charge in [0.2, 0.25) is 0 Å². The summed E-state index contributed by atoms with van der Waals surface area (Å²) in [4.78, 5) is 0. The van der Waals surface area contributed by atoms with Gasteiger partial charge in [-0.15, -0.1) is 0 Å². The van der Waals surface area contributed by atoms with Gasteiger partial charge in [0.05, 0.1) is 13.2 Å². The molecule has 0 saturated heterocycles. The van der Waals surface area contributed by atoms with Crippen LogP contribution >= 0.6 is 0 Å². The highest BCUT2D eigenvalue weighted by Crippen LogP contribution is 2.41. The van der Waals surface area contributed by atoms with E-state index in [2.05, 4.69) is 0 Å². The molecule has 4 N–H and O–H groups in total. The van der Waals surface area contributed by atoms with Crippen molar-refractivity contribution in [2.24, 2.45) is 0 Å². The van der Waals surface area contributed by atoms with Crippen molar-refractivity contribution in [3.8, 4) is 23.0 Å². The van der Waals surface area contributed by atoms with Gasteiger partial charge >= 0.3 is 0 Å². The monoisotopic (exact) mass is 330 g/mol. The van der Waals surface area contributed by atoms with Gasteiger partial charge in [0.15, 0.2) is 35.2 Å². The SMILES string of the molecule is OC/C=C/c1ccc2c(c1)OC(CO)C(c1ccc(O)c(O)c1)O2. The fourth-order valence-electron chi connectivity index (χ4n) is 2.58. The minimum absolute atomic E-state index is 0.0554. The lowest BCUT2D eigenvalue weighted by Crippen LogP contribution is -2.36. The number of fused-ring (bicyclic) bond motifs is 1. The van der Waals surface area contributed by atoms with Crippen LogP contribution in [-0.4, -0.2) is 39.7 Å². The Balaban J connectivity index is 1.92. The molecule has 2 aromatic rings. The van der Waals surface area contributed by atoms with E-state index in [1.54, 1.807) is 30.4 Å². The van der Waals surface area contributed by atoms with Crippen molar-refractivity contribution in [1.82, 2.24) is 0 Å². The summed E-state index contributed by atoms with van der Waals surface area (Å²) in [5.74, 6) is 0.520. The molecule has 126 valence electrons. The molecule has 0 bridgehead atoms. The van der Waals surface area contributed by atoms with Crippen LogP contribution in [0.2, 0.25) is 0 Å². The second-order valence-corrected chi connectivity index (χ2v) is 5.42. The van der Waals surface area contributed by atoms with Crippen LogP contribution in [0.5, 0.6) is 23.0 Å². The Morgan fingerprint density at radius 1 is 0.917 bits per heavy atom. The first kappa shape index (κ1) is 16.2. The molecule has 0 saturated carbocycles. The Bertz CT molecular complexity index is 755. The molecule has 0 spiro atoms. The molecular formula is C18H18O6. The number of ether oxygens (including phenoxy) is 2. The molecule has 2 aromatic carbocycles. The van der Waals surface area contributed by atoms with Gasteiger partial charge in [-0.3, -0.25) is 0 Å². The molecule has 2 atom stereocenters. The Morgan fingerprint density at radius 2 is 1.75 bits per heavy atom. The molecule has 6 heteroatoms. The smallest absolute Gasteiger partial charge is 0.163 e. The number of rotatable bonds is 4. The zero-order chi connectivity index (χ0) is 17.1. The number of hydrogen-bond acceptors (Lipinski definition) is 6. The lowest BCUT2D eigenvalue weighted by molar-refractivity contribution is -0.0124. The molecule has 0 aliphatic carbocycles. The van der Waals surface area contributed by atoms with E-state index in [-0.39, 0.29) is 24.7 Å². The average molecular weight is 330 g/mol. The van der Waals surface area contributed by atoms with Gasteiger partial charge in [-0.25, -0.2) is 0 Å². The van der Waals surface area contributed by atoms with Gasteiger partial charge in [0.25, 0.3) is 0 Å². The average Bonchev–Trinajstić information content (AvgIpc) is 2.61. The van der Waals surface area contributed by atoms with Crippen LogP contribution in [-0.2, 0) is 0 Å². The lowest BCUT2D eigenvalue weighted by Gasteiger charge is -2.33. The number of aromatic hydroxyl groups is 2. The summed E-state index contributed by atoms with van der Waals surface area (Å²) in [6.07, 6.45) is 2.09. The normalized spacial score (nSPS) is 19.6. The van der Waals surface area contributed by atoms with Gasteiger partial charge in [0.1, 0.15) is 0 Å². The highest BCUT2D eigenvalue weighted by Gasteiger charge is 2.33. The number of aliphatic hydroxyl groups is 2. The second-order valence-electron chi connectivity index (χ2n) is 5.42. The summed E-state index contributed by atoms with van der Waals surface area (Å²) >= 11 is 0. The maximum Gasteiger partial charge on any atom is 0.163 e. The summed E-state index contributed by atoms with van der Waals surface area (Å²) in [7, 11) is 0. The van der Waals surface area contributed by atoms with Crippen molar-refractivity contribution in [2.45, 2.75) is 12.2 Å². The maximum absolute atomic E-state index is 9.67. The zero-order valence-corrected chi connectivity index (χ0v) is 12.8. The largest absolute Gasteiger partial charge is 0.504 e. The molecule has 3 rings (SSSR count). The maximum atomic E-state index is 9.67. The van der Waals surface area contributed by atoms with E-state index in [4.69, 9.17) is 14.6 Å². The van der Waals surface area contributed by atoms with Gasteiger partial charge in [-0.05, 0) is 29.8 Å². The molecule has 24 heavy (non-hydrogen) atoms.